The summed E-state index contributed by atoms with van der Waals surface area (Å²) < 4.78 is 6.89. The Kier molecular flexibility index (Phi) is 5.51. The molecule has 7 nitrogen and oxygen atoms in total. The zero-order chi connectivity index (χ0) is 23.7. The first-order chi connectivity index (χ1) is 16.5. The smallest absolute Gasteiger partial charge is 0.257 e. The monoisotopic (exact) mass is 453 g/mol. The summed E-state index contributed by atoms with van der Waals surface area (Å²) in [4.78, 5) is 24.9. The van der Waals surface area contributed by atoms with Crippen molar-refractivity contribution in [3.05, 3.63) is 100 Å². The van der Waals surface area contributed by atoms with Crippen LogP contribution in [0.15, 0.2) is 83.8 Å². The van der Waals surface area contributed by atoms with Gasteiger partial charge in [-0.3, -0.25) is 9.59 Å². The first-order valence-electron chi connectivity index (χ1n) is 10.9. The van der Waals surface area contributed by atoms with Gasteiger partial charge in [-0.05, 0) is 65.6 Å². The van der Waals surface area contributed by atoms with Crippen molar-refractivity contribution in [3.8, 4) is 22.6 Å². The van der Waals surface area contributed by atoms with Crippen molar-refractivity contribution in [3.63, 3.8) is 0 Å². The molecule has 0 saturated carbocycles. The number of aryl methyl sites for hydroxylation is 2. The minimum absolute atomic E-state index is 0.0373. The Morgan fingerprint density at radius 1 is 0.853 bits per heavy atom. The number of amides is 1. The van der Waals surface area contributed by atoms with Gasteiger partial charge in [0.1, 0.15) is 0 Å². The van der Waals surface area contributed by atoms with Gasteiger partial charge in [0.2, 0.25) is 0 Å². The summed E-state index contributed by atoms with van der Waals surface area (Å²) in [5.74, 6) is 0.252. The number of phenols is 1. The second-order valence-electron chi connectivity index (χ2n) is 8.09. The molecule has 0 spiro atoms. The van der Waals surface area contributed by atoms with E-state index in [2.05, 4.69) is 10.6 Å². The molecule has 1 amide bonds. The fourth-order valence-electron chi connectivity index (χ4n) is 4.07. The summed E-state index contributed by atoms with van der Waals surface area (Å²) in [5, 5.41) is 16.3. The van der Waals surface area contributed by atoms with Gasteiger partial charge < -0.3 is 25.0 Å². The first-order valence-corrected chi connectivity index (χ1v) is 10.9. The number of hydrogen-bond donors (Lipinski definition) is 3. The van der Waals surface area contributed by atoms with Gasteiger partial charge in [0.05, 0.1) is 29.7 Å². The van der Waals surface area contributed by atoms with Crippen molar-refractivity contribution in [1.82, 2.24) is 4.57 Å². The number of carbonyl (C=O) groups excluding carboxylic acids is 1. The minimum Gasteiger partial charge on any atom is -0.504 e. The van der Waals surface area contributed by atoms with Crippen LogP contribution in [0.5, 0.6) is 11.5 Å². The number of phenolic OH excluding ortho intramolecular Hbond substituents is 1. The molecule has 0 bridgehead atoms. The van der Waals surface area contributed by atoms with Crippen molar-refractivity contribution >= 4 is 23.0 Å². The fourth-order valence-corrected chi connectivity index (χ4v) is 4.07. The highest BCUT2D eigenvalue weighted by Gasteiger charge is 2.20. The van der Waals surface area contributed by atoms with Crippen molar-refractivity contribution < 1.29 is 14.6 Å². The molecular formula is C27H23N3O4. The standard InChI is InChI=1S/C27H23N3O4/c1-34-25-16-19(7-10-24(25)31)18-6-8-20-22(15-18)28-21-9-5-17(14-23(21)29-27(20)33)11-13-30-12-3-2-4-26(30)32/h2-10,12,14-16,28,31H,11,13H2,1H3,(H,29,33). The lowest BCUT2D eigenvalue weighted by Gasteiger charge is -2.12. The lowest BCUT2D eigenvalue weighted by Crippen LogP contribution is -2.18. The Morgan fingerprint density at radius 2 is 1.68 bits per heavy atom. The highest BCUT2D eigenvalue weighted by molar-refractivity contribution is 6.12. The summed E-state index contributed by atoms with van der Waals surface area (Å²) in [6.07, 6.45) is 2.43. The van der Waals surface area contributed by atoms with E-state index in [1.54, 1.807) is 47.2 Å². The second-order valence-corrected chi connectivity index (χ2v) is 8.09. The minimum atomic E-state index is -0.201. The van der Waals surface area contributed by atoms with Crippen LogP contribution in [0, 0.1) is 0 Å². The average Bonchev–Trinajstić information content (AvgIpc) is 2.98. The predicted octanol–water partition coefficient (Wildman–Crippen LogP) is 4.78. The molecule has 5 rings (SSSR count). The van der Waals surface area contributed by atoms with E-state index in [0.717, 1.165) is 22.4 Å². The van der Waals surface area contributed by atoms with Crippen LogP contribution in [-0.4, -0.2) is 22.7 Å². The average molecular weight is 453 g/mol. The third-order valence-electron chi connectivity index (χ3n) is 5.92. The summed E-state index contributed by atoms with van der Waals surface area (Å²) in [5.41, 5.74) is 5.40. The summed E-state index contributed by atoms with van der Waals surface area (Å²) >= 11 is 0. The molecule has 1 aromatic heterocycles. The summed E-state index contributed by atoms with van der Waals surface area (Å²) in [6.45, 7) is 0.555. The summed E-state index contributed by atoms with van der Waals surface area (Å²) in [7, 11) is 1.51. The molecule has 0 unspecified atom stereocenters. The van der Waals surface area contributed by atoms with E-state index in [1.165, 1.54) is 7.11 Å². The number of anilines is 3. The molecule has 0 saturated heterocycles. The van der Waals surface area contributed by atoms with Crippen molar-refractivity contribution in [2.24, 2.45) is 0 Å². The Bertz CT molecular complexity index is 1460. The van der Waals surface area contributed by atoms with Crippen LogP contribution in [0.1, 0.15) is 15.9 Å². The van der Waals surface area contributed by atoms with Gasteiger partial charge in [0.15, 0.2) is 11.5 Å². The number of ether oxygens (including phenoxy) is 1. The number of rotatable bonds is 5. The largest absolute Gasteiger partial charge is 0.504 e. The molecule has 0 atom stereocenters. The predicted molar refractivity (Wildman–Crippen MR) is 132 cm³/mol. The van der Waals surface area contributed by atoms with Crippen LogP contribution in [0.25, 0.3) is 11.1 Å². The maximum atomic E-state index is 12.9. The van der Waals surface area contributed by atoms with Gasteiger partial charge in [0, 0.05) is 18.8 Å². The lowest BCUT2D eigenvalue weighted by atomic mass is 10.0. The normalized spacial score (nSPS) is 12.1. The van der Waals surface area contributed by atoms with E-state index < -0.39 is 0 Å². The number of methoxy groups -OCH3 is 1. The Morgan fingerprint density at radius 3 is 2.50 bits per heavy atom. The van der Waals surface area contributed by atoms with Gasteiger partial charge in [-0.2, -0.15) is 0 Å². The number of benzene rings is 3. The van der Waals surface area contributed by atoms with E-state index in [4.69, 9.17) is 4.74 Å². The molecule has 7 heteroatoms. The third-order valence-corrected chi connectivity index (χ3v) is 5.92. The van der Waals surface area contributed by atoms with Crippen LogP contribution >= 0.6 is 0 Å². The topological polar surface area (TPSA) is 92.6 Å². The maximum absolute atomic E-state index is 12.9. The van der Waals surface area contributed by atoms with E-state index in [9.17, 15) is 14.7 Å². The van der Waals surface area contributed by atoms with Crippen molar-refractivity contribution in [2.75, 3.05) is 17.7 Å². The third kappa shape index (κ3) is 4.11. The number of aromatic hydroxyl groups is 1. The number of carbonyl (C=O) groups is 1. The number of pyridine rings is 1. The zero-order valence-corrected chi connectivity index (χ0v) is 18.5. The molecule has 0 radical (unpaired) electrons. The van der Waals surface area contributed by atoms with E-state index >= 15 is 0 Å². The number of aromatic nitrogens is 1. The number of nitrogens with zero attached hydrogens (tertiary/aromatic N) is 1. The highest BCUT2D eigenvalue weighted by atomic mass is 16.5. The van der Waals surface area contributed by atoms with Crippen LogP contribution in [0.4, 0.5) is 17.1 Å². The summed E-state index contributed by atoms with van der Waals surface area (Å²) in [6, 6.07) is 21.7. The van der Waals surface area contributed by atoms with Crippen LogP contribution in [-0.2, 0) is 13.0 Å². The molecule has 1 aliphatic rings. The SMILES string of the molecule is COc1cc(-c2ccc3c(c2)Nc2ccc(CCn4ccccc4=O)cc2NC3=O)ccc1O. The van der Waals surface area contributed by atoms with Crippen molar-refractivity contribution in [2.45, 2.75) is 13.0 Å². The quantitative estimate of drug-likeness (QED) is 0.404. The number of nitrogens with one attached hydrogen (secondary N) is 2. The maximum Gasteiger partial charge on any atom is 0.257 e. The van der Waals surface area contributed by atoms with E-state index in [-0.39, 0.29) is 17.2 Å². The van der Waals surface area contributed by atoms with Gasteiger partial charge in [-0.25, -0.2) is 0 Å². The van der Waals surface area contributed by atoms with Gasteiger partial charge in [0.25, 0.3) is 11.5 Å². The van der Waals surface area contributed by atoms with Crippen LogP contribution in [0.3, 0.4) is 0 Å². The Labute approximate surface area is 196 Å². The molecule has 34 heavy (non-hydrogen) atoms. The molecule has 3 aromatic carbocycles. The number of fused-ring (bicyclic) bond motifs is 2. The van der Waals surface area contributed by atoms with E-state index in [1.807, 2.05) is 36.4 Å². The van der Waals surface area contributed by atoms with Crippen LogP contribution in [0.2, 0.25) is 0 Å². The zero-order valence-electron chi connectivity index (χ0n) is 18.5. The van der Waals surface area contributed by atoms with Crippen molar-refractivity contribution in [1.29, 1.82) is 0 Å². The molecule has 2 heterocycles. The number of hydrogen-bond acceptors (Lipinski definition) is 5. The molecule has 1 aliphatic heterocycles. The van der Waals surface area contributed by atoms with Gasteiger partial charge >= 0.3 is 0 Å². The molecule has 170 valence electrons. The highest BCUT2D eigenvalue weighted by Crippen LogP contribution is 2.37. The van der Waals surface area contributed by atoms with Crippen LogP contribution < -0.4 is 20.9 Å². The molecule has 4 aromatic rings. The molecule has 0 fully saturated rings. The van der Waals surface area contributed by atoms with Gasteiger partial charge in [-0.1, -0.05) is 24.3 Å². The van der Waals surface area contributed by atoms with Gasteiger partial charge in [-0.15, -0.1) is 0 Å². The molecular weight excluding hydrogens is 430 g/mol. The van der Waals surface area contributed by atoms with E-state index in [0.29, 0.717) is 35.7 Å². The lowest BCUT2D eigenvalue weighted by molar-refractivity contribution is 0.102. The Hall–Kier alpha value is -4.52. The Balaban J connectivity index is 1.42. The first kappa shape index (κ1) is 21.3. The molecule has 3 N–H and O–H groups in total. The fraction of sp³-hybridized carbons (Fsp3) is 0.111. The second kappa shape index (κ2) is 8.78. The molecule has 0 aliphatic carbocycles.